The number of carbonyl (C=O) groups excluding carboxylic acids is 2. The number of nitro benzene ring substituents is 1. The summed E-state index contributed by atoms with van der Waals surface area (Å²) in [5.41, 5.74) is 3.81. The van der Waals surface area contributed by atoms with Gasteiger partial charge in [0.15, 0.2) is 5.76 Å². The van der Waals surface area contributed by atoms with Crippen LogP contribution in [-0.4, -0.2) is 44.3 Å². The highest BCUT2D eigenvalue weighted by Crippen LogP contribution is 2.28. The highest BCUT2D eigenvalue weighted by Gasteiger charge is 2.23. The lowest BCUT2D eigenvalue weighted by molar-refractivity contribution is -0.384. The minimum absolute atomic E-state index is 0.107. The van der Waals surface area contributed by atoms with Gasteiger partial charge in [-0.25, -0.2) is 4.98 Å². The number of aromatic nitrogens is 2. The Labute approximate surface area is 265 Å². The van der Waals surface area contributed by atoms with Crippen molar-refractivity contribution in [2.24, 2.45) is 0 Å². The second-order valence-corrected chi connectivity index (χ2v) is 11.1. The van der Waals surface area contributed by atoms with Crippen molar-refractivity contribution < 1.29 is 18.9 Å². The molecule has 0 unspecified atom stereocenters. The van der Waals surface area contributed by atoms with Gasteiger partial charge in [0, 0.05) is 54.8 Å². The molecule has 1 fully saturated rings. The molecular weight excluding hydrogens is 584 g/mol. The van der Waals surface area contributed by atoms with Crippen molar-refractivity contribution in [3.8, 4) is 17.4 Å². The quantitative estimate of drug-likeness (QED) is 0.137. The van der Waals surface area contributed by atoms with Crippen LogP contribution in [0.2, 0.25) is 0 Å². The molecule has 0 spiro atoms. The van der Waals surface area contributed by atoms with Crippen LogP contribution in [0.25, 0.3) is 11.3 Å². The van der Waals surface area contributed by atoms with Crippen molar-refractivity contribution >= 4 is 23.2 Å². The zero-order chi connectivity index (χ0) is 32.0. The summed E-state index contributed by atoms with van der Waals surface area (Å²) in [6, 6.07) is 25.6. The molecule has 5 aromatic rings. The first kappa shape index (κ1) is 30.0. The number of non-ortho nitro benzene ring substituents is 1. The van der Waals surface area contributed by atoms with E-state index in [1.165, 1.54) is 24.3 Å². The Balaban J connectivity index is 1.27. The first-order valence-electron chi connectivity index (χ1n) is 14.9. The number of benzene rings is 3. The van der Waals surface area contributed by atoms with Crippen LogP contribution in [0.4, 0.5) is 11.4 Å². The second-order valence-electron chi connectivity index (χ2n) is 11.1. The Morgan fingerprint density at radius 1 is 0.935 bits per heavy atom. The Morgan fingerprint density at radius 2 is 1.65 bits per heavy atom. The van der Waals surface area contributed by atoms with Crippen LogP contribution in [0.3, 0.4) is 0 Å². The predicted octanol–water partition coefficient (Wildman–Crippen LogP) is 6.44. The summed E-state index contributed by atoms with van der Waals surface area (Å²) in [5.74, 6) is 0.383. The molecule has 46 heavy (non-hydrogen) atoms. The highest BCUT2D eigenvalue weighted by atomic mass is 16.6. The Hall–Kier alpha value is -6.02. The molecule has 0 aliphatic carbocycles. The second kappa shape index (κ2) is 13.3. The summed E-state index contributed by atoms with van der Waals surface area (Å²) in [4.78, 5) is 45.2. The number of piperidine rings is 1. The maximum absolute atomic E-state index is 13.9. The molecule has 11 heteroatoms. The third-order valence-electron chi connectivity index (χ3n) is 8.05. The van der Waals surface area contributed by atoms with E-state index in [0.29, 0.717) is 34.9 Å². The first-order valence-corrected chi connectivity index (χ1v) is 14.9. The smallest absolute Gasteiger partial charge is 0.289 e. The predicted molar refractivity (Wildman–Crippen MR) is 170 cm³/mol. The third kappa shape index (κ3) is 6.56. The van der Waals surface area contributed by atoms with Gasteiger partial charge in [-0.15, -0.1) is 0 Å². The molecule has 1 saturated heterocycles. The SMILES string of the molecule is N#Cc1ccc(Cn2cncc2CN(C(=O)c2ccc([N+](=O)[O-])cc2)c2ccc(-c3ccc(C(=O)N4CCCCC4)o3)cc2)cc1. The highest BCUT2D eigenvalue weighted by molar-refractivity contribution is 6.06. The van der Waals surface area contributed by atoms with E-state index in [9.17, 15) is 19.7 Å². The van der Waals surface area contributed by atoms with Crippen molar-refractivity contribution in [2.75, 3.05) is 18.0 Å². The van der Waals surface area contributed by atoms with Gasteiger partial charge in [0.25, 0.3) is 17.5 Å². The van der Waals surface area contributed by atoms with E-state index in [1.54, 1.807) is 53.8 Å². The number of likely N-dealkylation sites (tertiary alicyclic amines) is 1. The summed E-state index contributed by atoms with van der Waals surface area (Å²) < 4.78 is 7.87. The minimum Gasteiger partial charge on any atom is -0.451 e. The number of nitrogens with zero attached hydrogens (tertiary/aromatic N) is 6. The largest absolute Gasteiger partial charge is 0.451 e. The van der Waals surface area contributed by atoms with E-state index in [4.69, 9.17) is 9.68 Å². The van der Waals surface area contributed by atoms with Crippen molar-refractivity contribution in [3.63, 3.8) is 0 Å². The number of anilines is 1. The summed E-state index contributed by atoms with van der Waals surface area (Å²) in [5, 5.41) is 20.3. The molecule has 1 aliphatic rings. The van der Waals surface area contributed by atoms with Crippen molar-refractivity contribution in [1.29, 1.82) is 5.26 Å². The van der Waals surface area contributed by atoms with Crippen LogP contribution in [0, 0.1) is 21.4 Å². The van der Waals surface area contributed by atoms with Crippen LogP contribution in [-0.2, 0) is 13.1 Å². The molecule has 0 radical (unpaired) electrons. The lowest BCUT2D eigenvalue weighted by Gasteiger charge is -2.25. The molecule has 0 N–H and O–H groups in total. The number of hydrogen-bond acceptors (Lipinski definition) is 7. The van der Waals surface area contributed by atoms with Gasteiger partial charge in [-0.2, -0.15) is 5.26 Å². The number of imidazole rings is 1. The van der Waals surface area contributed by atoms with E-state index in [1.807, 2.05) is 33.7 Å². The van der Waals surface area contributed by atoms with Crippen LogP contribution >= 0.6 is 0 Å². The number of furan rings is 1. The van der Waals surface area contributed by atoms with Crippen molar-refractivity contribution in [3.05, 3.63) is 136 Å². The Kier molecular flexibility index (Phi) is 8.69. The molecule has 0 saturated carbocycles. The number of amides is 2. The van der Waals surface area contributed by atoms with Gasteiger partial charge < -0.3 is 18.8 Å². The van der Waals surface area contributed by atoms with Crippen LogP contribution in [0.15, 0.2) is 102 Å². The van der Waals surface area contributed by atoms with Crippen LogP contribution < -0.4 is 4.90 Å². The average molecular weight is 615 g/mol. The number of hydrogen-bond donors (Lipinski definition) is 0. The van der Waals surface area contributed by atoms with Gasteiger partial charge >= 0.3 is 0 Å². The summed E-state index contributed by atoms with van der Waals surface area (Å²) >= 11 is 0. The maximum Gasteiger partial charge on any atom is 0.289 e. The van der Waals surface area contributed by atoms with E-state index in [2.05, 4.69) is 11.1 Å². The van der Waals surface area contributed by atoms with Gasteiger partial charge in [0.05, 0.1) is 35.1 Å². The summed E-state index contributed by atoms with van der Waals surface area (Å²) in [6.45, 7) is 2.11. The molecule has 2 amide bonds. The normalized spacial score (nSPS) is 12.8. The van der Waals surface area contributed by atoms with E-state index in [0.717, 1.165) is 49.2 Å². The van der Waals surface area contributed by atoms with Gasteiger partial charge in [-0.1, -0.05) is 12.1 Å². The Morgan fingerprint density at radius 3 is 2.33 bits per heavy atom. The fourth-order valence-corrected chi connectivity index (χ4v) is 5.49. The molecule has 230 valence electrons. The molecule has 3 aromatic carbocycles. The summed E-state index contributed by atoms with van der Waals surface area (Å²) in [7, 11) is 0. The number of nitro groups is 1. The molecule has 1 aliphatic heterocycles. The molecule has 0 bridgehead atoms. The van der Waals surface area contributed by atoms with Gasteiger partial charge in [0.1, 0.15) is 5.76 Å². The Bertz CT molecular complexity index is 1900. The molecule has 0 atom stereocenters. The van der Waals surface area contributed by atoms with Gasteiger partial charge in [-0.05, 0) is 85.5 Å². The third-order valence-corrected chi connectivity index (χ3v) is 8.05. The van der Waals surface area contributed by atoms with E-state index in [-0.39, 0.29) is 24.0 Å². The maximum atomic E-state index is 13.9. The lowest BCUT2D eigenvalue weighted by atomic mass is 10.1. The topological polar surface area (TPSA) is 139 Å². The van der Waals surface area contributed by atoms with E-state index >= 15 is 0 Å². The monoisotopic (exact) mass is 614 g/mol. The first-order chi connectivity index (χ1) is 22.4. The standard InChI is InChI=1S/C35H30N6O5/c36-20-25-4-6-26(7-5-25)22-39-24-37-21-31(39)23-40(34(42)28-10-14-30(15-11-28)41(44)45)29-12-8-27(9-13-29)32-16-17-33(46-32)35(43)38-18-2-1-3-19-38/h4-17,21,24H,1-3,18-19,22-23H2. The van der Waals surface area contributed by atoms with Crippen molar-refractivity contribution in [2.45, 2.75) is 32.4 Å². The summed E-state index contributed by atoms with van der Waals surface area (Å²) in [6.07, 6.45) is 6.49. The molecular formula is C35H30N6O5. The van der Waals surface area contributed by atoms with E-state index < -0.39 is 4.92 Å². The fraction of sp³-hybridized carbons (Fsp3) is 0.200. The number of rotatable bonds is 9. The minimum atomic E-state index is -0.507. The average Bonchev–Trinajstić information content (AvgIpc) is 3.77. The van der Waals surface area contributed by atoms with Crippen LogP contribution in [0.1, 0.15) is 57.0 Å². The molecule has 11 nitrogen and oxygen atoms in total. The van der Waals surface area contributed by atoms with Crippen LogP contribution in [0.5, 0.6) is 0 Å². The van der Waals surface area contributed by atoms with Gasteiger partial charge in [-0.3, -0.25) is 19.7 Å². The lowest BCUT2D eigenvalue weighted by Crippen LogP contribution is -2.35. The fourth-order valence-electron chi connectivity index (χ4n) is 5.49. The molecule has 2 aromatic heterocycles. The zero-order valence-corrected chi connectivity index (χ0v) is 24.9. The zero-order valence-electron chi connectivity index (χ0n) is 24.9. The number of carbonyl (C=O) groups is 2. The molecule has 6 rings (SSSR count). The number of nitriles is 1. The van der Waals surface area contributed by atoms with Gasteiger partial charge in [0.2, 0.25) is 0 Å². The van der Waals surface area contributed by atoms with Crippen molar-refractivity contribution in [1.82, 2.24) is 14.5 Å². The molecule has 3 heterocycles.